The van der Waals surface area contributed by atoms with Crippen molar-refractivity contribution in [3.05, 3.63) is 0 Å². The number of carbonyl (C=O) groups is 2. The summed E-state index contributed by atoms with van der Waals surface area (Å²) in [5.74, 6) is -0.501. The smallest absolute Gasteiger partial charge is 0.328 e. The number of carbonyl (C=O) groups excluding carboxylic acids is 2. The van der Waals surface area contributed by atoms with Crippen molar-refractivity contribution in [3.8, 4) is 0 Å². The van der Waals surface area contributed by atoms with Gasteiger partial charge in [-0.25, -0.2) is 4.79 Å². The molecule has 80 valence electrons. The lowest BCUT2D eigenvalue weighted by Gasteiger charge is -2.14. The van der Waals surface area contributed by atoms with Crippen LogP contribution in [0.4, 0.5) is 0 Å². The van der Waals surface area contributed by atoms with E-state index >= 15 is 0 Å². The minimum absolute atomic E-state index is 0.0119. The largest absolute Gasteiger partial charge is 0.467 e. The molecular weight excluding hydrogens is 184 g/mol. The van der Waals surface area contributed by atoms with E-state index in [9.17, 15) is 9.59 Å². The van der Waals surface area contributed by atoms with Crippen LogP contribution >= 0.6 is 0 Å². The van der Waals surface area contributed by atoms with E-state index in [1.807, 2.05) is 0 Å². The molecule has 5 heteroatoms. The molecular formula is C9H16N2O3. The van der Waals surface area contributed by atoms with E-state index in [1.165, 1.54) is 7.11 Å². The highest BCUT2D eigenvalue weighted by Gasteiger charge is 2.25. The number of ether oxygens (including phenoxy) is 1. The van der Waals surface area contributed by atoms with Gasteiger partial charge < -0.3 is 15.4 Å². The fourth-order valence-electron chi connectivity index (χ4n) is 1.45. The highest BCUT2D eigenvalue weighted by molar-refractivity contribution is 5.85. The molecule has 1 fully saturated rings. The quantitative estimate of drug-likeness (QED) is 0.590. The van der Waals surface area contributed by atoms with Crippen LogP contribution in [-0.4, -0.2) is 38.1 Å². The van der Waals surface area contributed by atoms with Crippen LogP contribution in [0.1, 0.15) is 13.3 Å². The van der Waals surface area contributed by atoms with Gasteiger partial charge in [0.1, 0.15) is 6.04 Å². The van der Waals surface area contributed by atoms with E-state index < -0.39 is 12.0 Å². The fraction of sp³-hybridized carbons (Fsp3) is 0.778. The SMILES string of the molecule is COC(=O)[C@@H](C)NC(=O)C1CCNC1. The normalized spacial score (nSPS) is 22.9. The van der Waals surface area contributed by atoms with Crippen LogP contribution in [0.25, 0.3) is 0 Å². The maximum absolute atomic E-state index is 11.5. The van der Waals surface area contributed by atoms with Crippen LogP contribution in [0.5, 0.6) is 0 Å². The molecule has 2 N–H and O–H groups in total. The molecule has 0 aromatic carbocycles. The van der Waals surface area contributed by atoms with Crippen molar-refractivity contribution in [2.45, 2.75) is 19.4 Å². The van der Waals surface area contributed by atoms with E-state index in [2.05, 4.69) is 15.4 Å². The third kappa shape index (κ3) is 2.70. The first-order chi connectivity index (χ1) is 6.65. The van der Waals surface area contributed by atoms with Crippen molar-refractivity contribution in [3.63, 3.8) is 0 Å². The Kier molecular flexibility index (Phi) is 3.88. The van der Waals surface area contributed by atoms with Gasteiger partial charge >= 0.3 is 5.97 Å². The molecule has 1 aliphatic heterocycles. The third-order valence-corrected chi connectivity index (χ3v) is 2.34. The highest BCUT2D eigenvalue weighted by Crippen LogP contribution is 2.07. The predicted molar refractivity (Wildman–Crippen MR) is 50.6 cm³/mol. The average molecular weight is 200 g/mol. The van der Waals surface area contributed by atoms with Crippen LogP contribution in [0.15, 0.2) is 0 Å². The third-order valence-electron chi connectivity index (χ3n) is 2.34. The van der Waals surface area contributed by atoms with Crippen molar-refractivity contribution < 1.29 is 14.3 Å². The van der Waals surface area contributed by atoms with E-state index in [4.69, 9.17) is 0 Å². The number of methoxy groups -OCH3 is 1. The molecule has 0 aromatic heterocycles. The van der Waals surface area contributed by atoms with Gasteiger partial charge in [0.05, 0.1) is 13.0 Å². The fourth-order valence-corrected chi connectivity index (χ4v) is 1.45. The second-order valence-corrected chi connectivity index (χ2v) is 3.44. The number of amides is 1. The molecule has 1 amide bonds. The summed E-state index contributed by atoms with van der Waals surface area (Å²) in [6.45, 7) is 3.18. The molecule has 0 aliphatic carbocycles. The molecule has 5 nitrogen and oxygen atoms in total. The van der Waals surface area contributed by atoms with Crippen LogP contribution in [0, 0.1) is 5.92 Å². The lowest BCUT2D eigenvalue weighted by molar-refractivity contribution is -0.144. The zero-order valence-corrected chi connectivity index (χ0v) is 8.50. The first-order valence-electron chi connectivity index (χ1n) is 4.74. The van der Waals surface area contributed by atoms with Gasteiger partial charge in [-0.2, -0.15) is 0 Å². The minimum Gasteiger partial charge on any atom is -0.467 e. The molecule has 1 saturated heterocycles. The van der Waals surface area contributed by atoms with Gasteiger partial charge in [-0.3, -0.25) is 4.79 Å². The maximum atomic E-state index is 11.5. The second-order valence-electron chi connectivity index (χ2n) is 3.44. The standard InChI is InChI=1S/C9H16N2O3/c1-6(9(13)14-2)11-8(12)7-3-4-10-5-7/h6-7,10H,3-5H2,1-2H3,(H,11,12)/t6-,7?/m1/s1. The van der Waals surface area contributed by atoms with Crippen LogP contribution < -0.4 is 10.6 Å². The number of nitrogens with one attached hydrogen (secondary N) is 2. The Bertz CT molecular complexity index is 224. The van der Waals surface area contributed by atoms with Gasteiger partial charge in [-0.15, -0.1) is 0 Å². The molecule has 1 heterocycles. The molecule has 1 unspecified atom stereocenters. The van der Waals surface area contributed by atoms with Gasteiger partial charge in [-0.05, 0) is 19.9 Å². The lowest BCUT2D eigenvalue weighted by atomic mass is 10.1. The van der Waals surface area contributed by atoms with Crippen molar-refractivity contribution in [2.24, 2.45) is 5.92 Å². The molecule has 14 heavy (non-hydrogen) atoms. The summed E-state index contributed by atoms with van der Waals surface area (Å²) in [6.07, 6.45) is 0.833. The maximum Gasteiger partial charge on any atom is 0.328 e. The Hall–Kier alpha value is -1.10. The van der Waals surface area contributed by atoms with E-state index in [-0.39, 0.29) is 11.8 Å². The number of esters is 1. The van der Waals surface area contributed by atoms with Crippen LogP contribution in [0.3, 0.4) is 0 Å². The van der Waals surface area contributed by atoms with Gasteiger partial charge in [0.15, 0.2) is 0 Å². The van der Waals surface area contributed by atoms with E-state index in [0.29, 0.717) is 6.54 Å². The van der Waals surface area contributed by atoms with Gasteiger partial charge in [0.25, 0.3) is 0 Å². The second kappa shape index (κ2) is 4.95. The van der Waals surface area contributed by atoms with Crippen molar-refractivity contribution >= 4 is 11.9 Å². The summed E-state index contributed by atoms with van der Waals surface area (Å²) in [5, 5.41) is 5.71. The number of rotatable bonds is 3. The number of hydrogen-bond donors (Lipinski definition) is 2. The number of hydrogen-bond acceptors (Lipinski definition) is 4. The summed E-state index contributed by atoms with van der Waals surface area (Å²) in [4.78, 5) is 22.5. The molecule has 0 bridgehead atoms. The highest BCUT2D eigenvalue weighted by atomic mass is 16.5. The van der Waals surface area contributed by atoms with Crippen molar-refractivity contribution in [1.29, 1.82) is 0 Å². The molecule has 0 spiro atoms. The Morgan fingerprint density at radius 3 is 2.79 bits per heavy atom. The summed E-state index contributed by atoms with van der Waals surface area (Å²) in [5.41, 5.74) is 0. The van der Waals surface area contributed by atoms with Gasteiger partial charge in [0, 0.05) is 6.54 Å². The van der Waals surface area contributed by atoms with Crippen molar-refractivity contribution in [1.82, 2.24) is 10.6 Å². The zero-order chi connectivity index (χ0) is 10.6. The van der Waals surface area contributed by atoms with Gasteiger partial charge in [-0.1, -0.05) is 0 Å². The van der Waals surface area contributed by atoms with E-state index in [0.717, 1.165) is 13.0 Å². The van der Waals surface area contributed by atoms with Gasteiger partial charge in [0.2, 0.25) is 5.91 Å². The summed E-state index contributed by atoms with van der Waals surface area (Å²) < 4.78 is 4.51. The Balaban J connectivity index is 2.35. The molecule has 0 saturated carbocycles. The summed E-state index contributed by atoms with van der Waals surface area (Å²) >= 11 is 0. The Morgan fingerprint density at radius 1 is 1.57 bits per heavy atom. The first-order valence-corrected chi connectivity index (χ1v) is 4.74. The van der Waals surface area contributed by atoms with E-state index in [1.54, 1.807) is 6.92 Å². The van der Waals surface area contributed by atoms with Crippen molar-refractivity contribution in [2.75, 3.05) is 20.2 Å². The topological polar surface area (TPSA) is 67.4 Å². The predicted octanol–water partition coefficient (Wildman–Crippen LogP) is -0.726. The Morgan fingerprint density at radius 2 is 2.29 bits per heavy atom. The zero-order valence-electron chi connectivity index (χ0n) is 8.50. The lowest BCUT2D eigenvalue weighted by Crippen LogP contribution is -2.42. The molecule has 0 radical (unpaired) electrons. The monoisotopic (exact) mass is 200 g/mol. The van der Waals surface area contributed by atoms with Crippen LogP contribution in [-0.2, 0) is 14.3 Å². The first kappa shape index (κ1) is 11.0. The Labute approximate surface area is 83.2 Å². The molecule has 2 atom stereocenters. The van der Waals surface area contributed by atoms with Crippen LogP contribution in [0.2, 0.25) is 0 Å². The summed E-state index contributed by atoms with van der Waals surface area (Å²) in [7, 11) is 1.31. The summed E-state index contributed by atoms with van der Waals surface area (Å²) in [6, 6.07) is -0.562. The average Bonchev–Trinajstić information content (AvgIpc) is 2.69. The minimum atomic E-state index is -0.562. The molecule has 1 aliphatic rings. The molecule has 0 aromatic rings. The molecule has 1 rings (SSSR count).